The van der Waals surface area contributed by atoms with E-state index in [1.807, 2.05) is 24.3 Å². The van der Waals surface area contributed by atoms with Crippen molar-refractivity contribution in [3.63, 3.8) is 0 Å². The van der Waals surface area contributed by atoms with E-state index in [1.54, 1.807) is 6.92 Å². The van der Waals surface area contributed by atoms with Gasteiger partial charge in [-0.1, -0.05) is 57.0 Å². The number of hydrogen-bond acceptors (Lipinski definition) is 2. The molecule has 0 bridgehead atoms. The molecule has 0 amide bonds. The van der Waals surface area contributed by atoms with Crippen LogP contribution in [0.25, 0.3) is 11.1 Å². The maximum atomic E-state index is 11.3. The van der Waals surface area contributed by atoms with Crippen molar-refractivity contribution in [2.75, 3.05) is 0 Å². The lowest BCUT2D eigenvalue weighted by Gasteiger charge is -2.24. The van der Waals surface area contributed by atoms with Crippen molar-refractivity contribution in [1.29, 1.82) is 0 Å². The minimum absolute atomic E-state index is 0.196. The molecule has 0 fully saturated rings. The molecule has 1 unspecified atom stereocenters. The van der Waals surface area contributed by atoms with Gasteiger partial charge in [-0.15, -0.1) is 0 Å². The predicted molar refractivity (Wildman–Crippen MR) is 98.2 cm³/mol. The van der Waals surface area contributed by atoms with Crippen molar-refractivity contribution in [1.82, 2.24) is 0 Å². The summed E-state index contributed by atoms with van der Waals surface area (Å²) in [6.45, 7) is 4.08. The van der Waals surface area contributed by atoms with Gasteiger partial charge in [0.25, 0.3) is 0 Å². The molecule has 0 spiro atoms. The van der Waals surface area contributed by atoms with E-state index >= 15 is 0 Å². The van der Waals surface area contributed by atoms with Gasteiger partial charge in [0, 0.05) is 6.42 Å². The minimum Gasteiger partial charge on any atom is -0.427 e. The van der Waals surface area contributed by atoms with Crippen LogP contribution in [0, 0.1) is 5.92 Å². The Balaban J connectivity index is 1.75. The van der Waals surface area contributed by atoms with Crippen LogP contribution in [-0.4, -0.2) is 5.97 Å². The molecule has 3 rings (SSSR count). The van der Waals surface area contributed by atoms with Crippen LogP contribution >= 0.6 is 0 Å². The number of benzene rings is 2. The van der Waals surface area contributed by atoms with Gasteiger partial charge in [0.05, 0.1) is 0 Å². The van der Waals surface area contributed by atoms with Gasteiger partial charge in [0.1, 0.15) is 5.75 Å². The lowest BCUT2D eigenvalue weighted by molar-refractivity contribution is -0.134. The molecule has 0 radical (unpaired) electrons. The average molecular weight is 322 g/mol. The van der Waals surface area contributed by atoms with Gasteiger partial charge in [0.2, 0.25) is 0 Å². The van der Waals surface area contributed by atoms with Crippen LogP contribution in [0.15, 0.2) is 42.5 Å². The third-order valence-corrected chi connectivity index (χ3v) is 4.94. The maximum absolute atomic E-state index is 11.3. The maximum Gasteiger partial charge on any atom is 0.310 e. The summed E-state index contributed by atoms with van der Waals surface area (Å²) in [6.07, 6.45) is 6.77. The highest BCUT2D eigenvalue weighted by Gasteiger charge is 2.18. The van der Waals surface area contributed by atoms with Crippen LogP contribution in [0.1, 0.15) is 50.7 Å². The lowest BCUT2D eigenvalue weighted by Crippen LogP contribution is -2.14. The number of rotatable bonds is 5. The molecule has 1 aliphatic rings. The molecule has 1 aliphatic carbocycles. The Labute approximate surface area is 144 Å². The summed E-state index contributed by atoms with van der Waals surface area (Å²) in [5.41, 5.74) is 5.44. The lowest BCUT2D eigenvalue weighted by atomic mass is 9.81. The Morgan fingerprint density at radius 2 is 1.79 bits per heavy atom. The Bertz CT molecular complexity index is 700. The predicted octanol–water partition coefficient (Wildman–Crippen LogP) is 5.57. The SMILES string of the molecule is CCCC1CCc2cc(-c3ccc(OC(=O)CC)cc3)ccc2C1. The molecule has 2 nitrogen and oxygen atoms in total. The van der Waals surface area contributed by atoms with Crippen LogP contribution in [-0.2, 0) is 17.6 Å². The minimum atomic E-state index is -0.196. The molecule has 0 aliphatic heterocycles. The van der Waals surface area contributed by atoms with Gasteiger partial charge < -0.3 is 4.74 Å². The fraction of sp³-hybridized carbons (Fsp3) is 0.409. The number of esters is 1. The normalized spacial score (nSPS) is 16.5. The summed E-state index contributed by atoms with van der Waals surface area (Å²) in [5, 5.41) is 0. The molecule has 2 aromatic rings. The zero-order valence-corrected chi connectivity index (χ0v) is 14.7. The molecule has 0 heterocycles. The van der Waals surface area contributed by atoms with E-state index < -0.39 is 0 Å². The Morgan fingerprint density at radius 1 is 1.04 bits per heavy atom. The molecule has 2 heteroatoms. The van der Waals surface area contributed by atoms with Crippen molar-refractivity contribution in [3.05, 3.63) is 53.6 Å². The van der Waals surface area contributed by atoms with E-state index in [-0.39, 0.29) is 5.97 Å². The summed E-state index contributed by atoms with van der Waals surface area (Å²) in [5.74, 6) is 1.28. The monoisotopic (exact) mass is 322 g/mol. The van der Waals surface area contributed by atoms with Gasteiger partial charge >= 0.3 is 5.97 Å². The third kappa shape index (κ3) is 3.87. The Morgan fingerprint density at radius 3 is 2.50 bits per heavy atom. The first-order valence-electron chi connectivity index (χ1n) is 9.12. The quantitative estimate of drug-likeness (QED) is 0.531. The standard InChI is InChI=1S/C22H26O2/c1-3-5-16-6-7-20-15-19(9-8-18(20)14-16)17-10-12-21(13-11-17)24-22(23)4-2/h8-13,15-16H,3-7,14H2,1-2H3. The summed E-state index contributed by atoms with van der Waals surface area (Å²) < 4.78 is 5.24. The van der Waals surface area contributed by atoms with E-state index in [2.05, 4.69) is 25.1 Å². The second kappa shape index (κ2) is 7.65. The fourth-order valence-electron chi connectivity index (χ4n) is 3.58. The molecule has 0 saturated carbocycles. The summed E-state index contributed by atoms with van der Waals surface area (Å²) >= 11 is 0. The molecule has 0 aromatic heterocycles. The molecule has 1 atom stereocenters. The third-order valence-electron chi connectivity index (χ3n) is 4.94. The molecule has 126 valence electrons. The van der Waals surface area contributed by atoms with Crippen molar-refractivity contribution in [2.45, 2.75) is 52.4 Å². The highest BCUT2D eigenvalue weighted by atomic mass is 16.5. The average Bonchev–Trinajstić information content (AvgIpc) is 2.62. The van der Waals surface area contributed by atoms with Gasteiger partial charge in [-0.25, -0.2) is 0 Å². The first kappa shape index (κ1) is 16.8. The van der Waals surface area contributed by atoms with Crippen molar-refractivity contribution in [2.24, 2.45) is 5.92 Å². The van der Waals surface area contributed by atoms with E-state index in [4.69, 9.17) is 4.74 Å². The number of carbonyl (C=O) groups excluding carboxylic acids is 1. The zero-order chi connectivity index (χ0) is 16.9. The van der Waals surface area contributed by atoms with E-state index in [9.17, 15) is 4.79 Å². The van der Waals surface area contributed by atoms with Gasteiger partial charge in [-0.3, -0.25) is 4.79 Å². The summed E-state index contributed by atoms with van der Waals surface area (Å²) in [4.78, 5) is 11.3. The summed E-state index contributed by atoms with van der Waals surface area (Å²) in [7, 11) is 0. The second-order valence-electron chi connectivity index (χ2n) is 6.73. The van der Waals surface area contributed by atoms with Crippen LogP contribution in [0.5, 0.6) is 5.75 Å². The molecular formula is C22H26O2. The molecule has 0 N–H and O–H groups in total. The molecule has 2 aromatic carbocycles. The first-order valence-corrected chi connectivity index (χ1v) is 9.12. The van der Waals surface area contributed by atoms with Gasteiger partial charge in [0.15, 0.2) is 0 Å². The number of hydrogen-bond donors (Lipinski definition) is 0. The summed E-state index contributed by atoms with van der Waals surface area (Å²) in [6, 6.07) is 14.7. The van der Waals surface area contributed by atoms with Crippen LogP contribution in [0.3, 0.4) is 0 Å². The smallest absolute Gasteiger partial charge is 0.310 e. The van der Waals surface area contributed by atoms with Crippen molar-refractivity contribution in [3.8, 4) is 16.9 Å². The number of carbonyl (C=O) groups is 1. The number of aryl methyl sites for hydroxylation is 1. The highest BCUT2D eigenvalue weighted by molar-refractivity contribution is 5.72. The van der Waals surface area contributed by atoms with Gasteiger partial charge in [-0.2, -0.15) is 0 Å². The van der Waals surface area contributed by atoms with Crippen molar-refractivity contribution >= 4 is 5.97 Å². The Hall–Kier alpha value is -2.09. The van der Waals surface area contributed by atoms with Crippen LogP contribution in [0.4, 0.5) is 0 Å². The van der Waals surface area contributed by atoms with E-state index in [0.717, 1.165) is 5.92 Å². The fourth-order valence-corrected chi connectivity index (χ4v) is 3.58. The molecule has 0 saturated heterocycles. The number of ether oxygens (including phenoxy) is 1. The van der Waals surface area contributed by atoms with Crippen LogP contribution in [0.2, 0.25) is 0 Å². The second-order valence-corrected chi connectivity index (χ2v) is 6.73. The van der Waals surface area contributed by atoms with Gasteiger partial charge in [-0.05, 0) is 59.6 Å². The highest BCUT2D eigenvalue weighted by Crippen LogP contribution is 2.32. The molecular weight excluding hydrogens is 296 g/mol. The Kier molecular flexibility index (Phi) is 5.34. The van der Waals surface area contributed by atoms with Crippen LogP contribution < -0.4 is 4.74 Å². The molecule has 24 heavy (non-hydrogen) atoms. The van der Waals surface area contributed by atoms with E-state index in [0.29, 0.717) is 12.2 Å². The topological polar surface area (TPSA) is 26.3 Å². The zero-order valence-electron chi connectivity index (χ0n) is 14.7. The number of fused-ring (bicyclic) bond motifs is 1. The van der Waals surface area contributed by atoms with E-state index in [1.165, 1.54) is 54.4 Å². The first-order chi connectivity index (χ1) is 11.7. The largest absolute Gasteiger partial charge is 0.427 e. The van der Waals surface area contributed by atoms with Crippen molar-refractivity contribution < 1.29 is 9.53 Å².